The molecular weight excluding hydrogens is 344 g/mol. The van der Waals surface area contributed by atoms with Gasteiger partial charge < -0.3 is 11.1 Å². The largest absolute Gasteiger partial charge is 0.326 e. The van der Waals surface area contributed by atoms with Gasteiger partial charge in [0.25, 0.3) is 0 Å². The highest BCUT2D eigenvalue weighted by Gasteiger charge is 2.28. The second kappa shape index (κ2) is 7.30. The molecule has 134 valence electrons. The fourth-order valence-electron chi connectivity index (χ4n) is 2.61. The average molecular weight is 364 g/mol. The Morgan fingerprint density at radius 1 is 1.32 bits per heavy atom. The lowest BCUT2D eigenvalue weighted by atomic mass is 10.2. The number of amides is 1. The molecule has 4 N–H and O–H groups in total. The van der Waals surface area contributed by atoms with Gasteiger partial charge in [-0.15, -0.1) is 0 Å². The number of aromatic amines is 1. The van der Waals surface area contributed by atoms with Gasteiger partial charge in [-0.3, -0.25) is 9.89 Å². The third-order valence-corrected chi connectivity index (χ3v) is 5.90. The summed E-state index contributed by atoms with van der Waals surface area (Å²) in [6, 6.07) is 7.09. The number of carbonyl (C=O) groups is 1. The second-order valence-electron chi connectivity index (χ2n) is 5.75. The number of rotatable bonds is 6. The molecule has 1 amide bonds. The molecule has 0 radical (unpaired) electrons. The van der Waals surface area contributed by atoms with Crippen LogP contribution in [0.5, 0.6) is 0 Å². The topological polar surface area (TPSA) is 134 Å². The van der Waals surface area contributed by atoms with E-state index in [1.54, 1.807) is 24.3 Å². The van der Waals surface area contributed by atoms with E-state index in [1.807, 2.05) is 0 Å². The summed E-state index contributed by atoms with van der Waals surface area (Å²) in [7, 11) is -3.16. The molecule has 9 nitrogen and oxygen atoms in total. The molecule has 1 aliphatic rings. The van der Waals surface area contributed by atoms with Crippen molar-refractivity contribution in [3.63, 3.8) is 0 Å². The smallest absolute Gasteiger partial charge is 0.225 e. The van der Waals surface area contributed by atoms with E-state index in [-0.39, 0.29) is 31.2 Å². The summed E-state index contributed by atoms with van der Waals surface area (Å²) in [5.41, 5.74) is 6.92. The van der Waals surface area contributed by atoms with Crippen LogP contribution in [-0.2, 0) is 21.4 Å². The van der Waals surface area contributed by atoms with Gasteiger partial charge in [0.2, 0.25) is 15.9 Å². The lowest BCUT2D eigenvalue weighted by Gasteiger charge is -2.13. The molecule has 0 spiro atoms. The van der Waals surface area contributed by atoms with Crippen molar-refractivity contribution in [1.29, 1.82) is 0 Å². The minimum atomic E-state index is -3.16. The van der Waals surface area contributed by atoms with Gasteiger partial charge in [-0.25, -0.2) is 17.7 Å². The Morgan fingerprint density at radius 2 is 2.08 bits per heavy atom. The van der Waals surface area contributed by atoms with Crippen LogP contribution in [0.1, 0.15) is 18.7 Å². The average Bonchev–Trinajstić information content (AvgIpc) is 3.19. The Labute approximate surface area is 145 Å². The molecule has 2 aromatic rings. The first-order chi connectivity index (χ1) is 12.0. The summed E-state index contributed by atoms with van der Waals surface area (Å²) in [5.74, 6) is 1.09. The Bertz CT molecular complexity index is 846. The summed E-state index contributed by atoms with van der Waals surface area (Å²) in [5, 5.41) is 9.57. The molecule has 1 aromatic heterocycles. The first kappa shape index (κ1) is 17.5. The molecule has 0 unspecified atom stereocenters. The highest BCUT2D eigenvalue weighted by Crippen LogP contribution is 2.18. The number of nitrogens with one attached hydrogen (secondary N) is 2. The lowest BCUT2D eigenvalue weighted by Crippen LogP contribution is -2.29. The first-order valence-corrected chi connectivity index (χ1v) is 9.58. The van der Waals surface area contributed by atoms with Crippen molar-refractivity contribution in [2.75, 3.05) is 24.2 Å². The zero-order chi connectivity index (χ0) is 17.9. The lowest BCUT2D eigenvalue weighted by molar-refractivity contribution is -0.116. The third-order valence-electron chi connectivity index (χ3n) is 3.94. The van der Waals surface area contributed by atoms with Crippen LogP contribution >= 0.6 is 0 Å². The van der Waals surface area contributed by atoms with Crippen LogP contribution in [-0.4, -0.2) is 52.7 Å². The van der Waals surface area contributed by atoms with Crippen LogP contribution in [0.4, 0.5) is 5.69 Å². The van der Waals surface area contributed by atoms with Crippen LogP contribution < -0.4 is 11.1 Å². The van der Waals surface area contributed by atoms with E-state index in [0.717, 1.165) is 5.56 Å². The number of aromatic nitrogens is 3. The number of nitrogens with zero attached hydrogens (tertiary/aromatic N) is 3. The van der Waals surface area contributed by atoms with E-state index in [4.69, 9.17) is 5.73 Å². The maximum absolute atomic E-state index is 12.0. The number of carbonyl (C=O) groups excluding carboxylic acids is 1. The van der Waals surface area contributed by atoms with Crippen molar-refractivity contribution in [2.45, 2.75) is 19.4 Å². The van der Waals surface area contributed by atoms with E-state index in [1.165, 1.54) is 4.31 Å². The predicted octanol–water partition coefficient (Wildman–Crippen LogP) is 0.294. The molecular formula is C15H20N6O3S. The normalized spacial score (nSPS) is 16.8. The number of sulfonamides is 1. The van der Waals surface area contributed by atoms with Gasteiger partial charge in [0.05, 0.1) is 12.3 Å². The van der Waals surface area contributed by atoms with Gasteiger partial charge in [0.1, 0.15) is 5.82 Å². The van der Waals surface area contributed by atoms with Gasteiger partial charge in [-0.1, -0.05) is 0 Å². The standard InChI is InChI=1S/C15H20N6O3S/c16-10-13-18-15(20-19-13)11-2-4-12(5-3-11)17-14(22)6-8-21-7-1-9-25(21,23)24/h2-5H,1,6-10,16H2,(H,17,22)(H,18,19,20). The predicted molar refractivity (Wildman–Crippen MR) is 92.9 cm³/mol. The van der Waals surface area contributed by atoms with Gasteiger partial charge in [0.15, 0.2) is 5.82 Å². The molecule has 3 rings (SSSR count). The zero-order valence-electron chi connectivity index (χ0n) is 13.6. The number of hydrogen-bond acceptors (Lipinski definition) is 6. The van der Waals surface area contributed by atoms with Crippen LogP contribution in [0, 0.1) is 0 Å². The van der Waals surface area contributed by atoms with E-state index < -0.39 is 10.0 Å². The Balaban J connectivity index is 1.55. The second-order valence-corrected chi connectivity index (χ2v) is 7.84. The maximum atomic E-state index is 12.0. The molecule has 0 bridgehead atoms. The van der Waals surface area contributed by atoms with Crippen molar-refractivity contribution < 1.29 is 13.2 Å². The van der Waals surface area contributed by atoms with Crippen LogP contribution in [0.25, 0.3) is 11.4 Å². The van der Waals surface area contributed by atoms with Crippen molar-refractivity contribution >= 4 is 21.6 Å². The molecule has 0 atom stereocenters. The summed E-state index contributed by atoms with van der Waals surface area (Å²) in [4.78, 5) is 16.2. The van der Waals surface area contributed by atoms with Crippen molar-refractivity contribution in [1.82, 2.24) is 19.5 Å². The van der Waals surface area contributed by atoms with E-state index in [9.17, 15) is 13.2 Å². The number of nitrogens with two attached hydrogens (primary N) is 1. The monoisotopic (exact) mass is 364 g/mol. The number of anilines is 1. The van der Waals surface area contributed by atoms with E-state index >= 15 is 0 Å². The Kier molecular flexibility index (Phi) is 5.11. The van der Waals surface area contributed by atoms with Gasteiger partial charge in [-0.05, 0) is 30.7 Å². The van der Waals surface area contributed by atoms with Crippen LogP contribution in [0.2, 0.25) is 0 Å². The molecule has 0 aliphatic carbocycles. The van der Waals surface area contributed by atoms with E-state index in [2.05, 4.69) is 20.5 Å². The molecule has 10 heteroatoms. The van der Waals surface area contributed by atoms with Crippen LogP contribution in [0.15, 0.2) is 24.3 Å². The number of benzene rings is 1. The van der Waals surface area contributed by atoms with Gasteiger partial charge in [0, 0.05) is 30.8 Å². The molecule has 25 heavy (non-hydrogen) atoms. The molecule has 0 saturated carbocycles. The summed E-state index contributed by atoms with van der Waals surface area (Å²) >= 11 is 0. The fourth-order valence-corrected chi connectivity index (χ4v) is 4.14. The number of H-pyrrole nitrogens is 1. The van der Waals surface area contributed by atoms with Crippen molar-refractivity contribution in [3.8, 4) is 11.4 Å². The highest BCUT2D eigenvalue weighted by molar-refractivity contribution is 7.89. The molecule has 1 aromatic carbocycles. The first-order valence-electron chi connectivity index (χ1n) is 7.97. The fraction of sp³-hybridized carbons (Fsp3) is 0.400. The molecule has 1 aliphatic heterocycles. The van der Waals surface area contributed by atoms with Crippen molar-refractivity contribution in [2.24, 2.45) is 5.73 Å². The quantitative estimate of drug-likeness (QED) is 0.675. The summed E-state index contributed by atoms with van der Waals surface area (Å²) in [6.07, 6.45) is 0.750. The summed E-state index contributed by atoms with van der Waals surface area (Å²) in [6.45, 7) is 0.991. The van der Waals surface area contributed by atoms with Gasteiger partial charge >= 0.3 is 0 Å². The molecule has 2 heterocycles. The summed E-state index contributed by atoms with van der Waals surface area (Å²) < 4.78 is 24.8. The van der Waals surface area contributed by atoms with Crippen LogP contribution in [0.3, 0.4) is 0 Å². The third kappa shape index (κ3) is 4.21. The molecule has 1 saturated heterocycles. The number of hydrogen-bond donors (Lipinski definition) is 3. The maximum Gasteiger partial charge on any atom is 0.225 e. The SMILES string of the molecule is NCc1nc(-c2ccc(NC(=O)CCN3CCCS3(=O)=O)cc2)n[nH]1. The minimum absolute atomic E-state index is 0.127. The minimum Gasteiger partial charge on any atom is -0.326 e. The highest BCUT2D eigenvalue weighted by atomic mass is 32.2. The van der Waals surface area contributed by atoms with Gasteiger partial charge in [-0.2, -0.15) is 5.10 Å². The van der Waals surface area contributed by atoms with Crippen molar-refractivity contribution in [3.05, 3.63) is 30.1 Å². The molecule has 1 fully saturated rings. The van der Waals surface area contributed by atoms with E-state index in [0.29, 0.717) is 30.3 Å². The zero-order valence-corrected chi connectivity index (χ0v) is 14.4. The Morgan fingerprint density at radius 3 is 2.68 bits per heavy atom. The Hall–Kier alpha value is -2.30.